The van der Waals surface area contributed by atoms with Crippen LogP contribution in [0.15, 0.2) is 22.7 Å². The Balaban J connectivity index is 2.04. The molecule has 1 heterocycles. The molecule has 0 aromatic heterocycles. The van der Waals surface area contributed by atoms with Gasteiger partial charge in [0.1, 0.15) is 0 Å². The van der Waals surface area contributed by atoms with Crippen LogP contribution in [0.4, 0.5) is 5.69 Å². The molecule has 0 radical (unpaired) electrons. The largest absolute Gasteiger partial charge is 0.376 e. The first-order valence-electron chi connectivity index (χ1n) is 7.52. The van der Waals surface area contributed by atoms with Crippen LogP contribution in [0.5, 0.6) is 0 Å². The highest BCUT2D eigenvalue weighted by Gasteiger charge is 2.18. The third-order valence-electron chi connectivity index (χ3n) is 3.70. The van der Waals surface area contributed by atoms with Crippen molar-refractivity contribution in [3.8, 4) is 0 Å². The van der Waals surface area contributed by atoms with Crippen molar-refractivity contribution < 1.29 is 4.74 Å². The number of hydrogen-bond donors (Lipinski definition) is 1. The number of hydrogen-bond acceptors (Lipinski definition) is 3. The van der Waals surface area contributed by atoms with Crippen molar-refractivity contribution in [2.75, 3.05) is 31.6 Å². The van der Waals surface area contributed by atoms with E-state index >= 15 is 0 Å². The van der Waals surface area contributed by atoms with E-state index in [1.807, 2.05) is 0 Å². The first-order chi connectivity index (χ1) is 9.70. The van der Waals surface area contributed by atoms with Crippen LogP contribution >= 0.6 is 15.9 Å². The van der Waals surface area contributed by atoms with Crippen molar-refractivity contribution in [3.05, 3.63) is 28.2 Å². The molecule has 1 aliphatic rings. The molecule has 1 unspecified atom stereocenters. The monoisotopic (exact) mass is 340 g/mol. The van der Waals surface area contributed by atoms with Crippen LogP contribution in [-0.4, -0.2) is 32.8 Å². The summed E-state index contributed by atoms with van der Waals surface area (Å²) < 4.78 is 6.88. The number of likely N-dealkylation sites (N-methyl/N-ethyl adjacent to an activating group) is 1. The van der Waals surface area contributed by atoms with E-state index in [-0.39, 0.29) is 0 Å². The van der Waals surface area contributed by atoms with Gasteiger partial charge in [-0.05, 0) is 43.5 Å². The fourth-order valence-electron chi connectivity index (χ4n) is 2.63. The van der Waals surface area contributed by atoms with Crippen LogP contribution in [-0.2, 0) is 11.3 Å². The van der Waals surface area contributed by atoms with Gasteiger partial charge in [0.05, 0.1) is 6.10 Å². The zero-order valence-corrected chi connectivity index (χ0v) is 14.1. The van der Waals surface area contributed by atoms with Gasteiger partial charge in [-0.25, -0.2) is 0 Å². The summed E-state index contributed by atoms with van der Waals surface area (Å²) in [6.45, 7) is 6.06. The van der Waals surface area contributed by atoms with Gasteiger partial charge in [0, 0.05) is 36.9 Å². The normalized spacial score (nSPS) is 18.4. The minimum atomic E-state index is 0.385. The van der Waals surface area contributed by atoms with Gasteiger partial charge in [0.25, 0.3) is 0 Å². The van der Waals surface area contributed by atoms with E-state index in [4.69, 9.17) is 4.74 Å². The fourth-order valence-corrected chi connectivity index (χ4v) is 2.98. The first-order valence-corrected chi connectivity index (χ1v) is 8.32. The lowest BCUT2D eigenvalue weighted by Crippen LogP contribution is -2.30. The standard InChI is InChI=1S/C16H25BrN2O/c1-3-8-18-11-13-6-7-14(17)10-16(13)19(2)12-15-5-4-9-20-15/h6-7,10,15,18H,3-5,8-9,11-12H2,1-2H3. The summed E-state index contributed by atoms with van der Waals surface area (Å²) in [5, 5.41) is 3.49. The lowest BCUT2D eigenvalue weighted by Gasteiger charge is -2.25. The van der Waals surface area contributed by atoms with E-state index in [0.29, 0.717) is 6.10 Å². The Kier molecular flexibility index (Phi) is 6.33. The molecular weight excluding hydrogens is 316 g/mol. The van der Waals surface area contributed by atoms with Gasteiger partial charge in [-0.3, -0.25) is 0 Å². The SMILES string of the molecule is CCCNCc1ccc(Br)cc1N(C)CC1CCCO1. The van der Waals surface area contributed by atoms with E-state index < -0.39 is 0 Å². The second-order valence-electron chi connectivity index (χ2n) is 5.47. The fraction of sp³-hybridized carbons (Fsp3) is 0.625. The van der Waals surface area contributed by atoms with Gasteiger partial charge in [0.15, 0.2) is 0 Å². The van der Waals surface area contributed by atoms with Crippen LogP contribution in [0, 0.1) is 0 Å². The molecule has 1 aromatic rings. The molecule has 112 valence electrons. The van der Waals surface area contributed by atoms with Gasteiger partial charge in [-0.2, -0.15) is 0 Å². The van der Waals surface area contributed by atoms with Crippen molar-refractivity contribution in [2.45, 2.75) is 38.8 Å². The van der Waals surface area contributed by atoms with E-state index in [1.165, 1.54) is 24.1 Å². The summed E-state index contributed by atoms with van der Waals surface area (Å²) in [6, 6.07) is 6.53. The van der Waals surface area contributed by atoms with Crippen molar-refractivity contribution >= 4 is 21.6 Å². The van der Waals surface area contributed by atoms with Crippen LogP contribution in [0.1, 0.15) is 31.7 Å². The third kappa shape index (κ3) is 4.47. The summed E-state index contributed by atoms with van der Waals surface area (Å²) in [5.41, 5.74) is 2.64. The Morgan fingerprint density at radius 3 is 3.00 bits per heavy atom. The Hall–Kier alpha value is -0.580. The van der Waals surface area contributed by atoms with E-state index in [1.54, 1.807) is 0 Å². The molecule has 1 atom stereocenters. The second-order valence-corrected chi connectivity index (χ2v) is 6.38. The smallest absolute Gasteiger partial charge is 0.0750 e. The molecule has 0 saturated carbocycles. The molecule has 1 aliphatic heterocycles. The first kappa shape index (κ1) is 15.8. The maximum Gasteiger partial charge on any atom is 0.0750 e. The lowest BCUT2D eigenvalue weighted by molar-refractivity contribution is 0.116. The highest BCUT2D eigenvalue weighted by atomic mass is 79.9. The predicted octanol–water partition coefficient (Wildman–Crippen LogP) is 3.56. The van der Waals surface area contributed by atoms with Gasteiger partial charge in [-0.1, -0.05) is 28.9 Å². The van der Waals surface area contributed by atoms with Gasteiger partial charge in [-0.15, -0.1) is 0 Å². The van der Waals surface area contributed by atoms with Gasteiger partial charge < -0.3 is 15.0 Å². The zero-order valence-electron chi connectivity index (χ0n) is 12.5. The summed E-state index contributed by atoms with van der Waals surface area (Å²) >= 11 is 3.58. The Bertz CT molecular complexity index is 419. The molecule has 4 heteroatoms. The van der Waals surface area contributed by atoms with E-state index in [9.17, 15) is 0 Å². The van der Waals surface area contributed by atoms with Crippen molar-refractivity contribution in [3.63, 3.8) is 0 Å². The molecule has 0 spiro atoms. The summed E-state index contributed by atoms with van der Waals surface area (Å²) in [7, 11) is 2.16. The van der Waals surface area contributed by atoms with Crippen molar-refractivity contribution in [1.29, 1.82) is 0 Å². The number of nitrogens with one attached hydrogen (secondary N) is 1. The molecule has 0 aliphatic carbocycles. The van der Waals surface area contributed by atoms with Crippen LogP contribution < -0.4 is 10.2 Å². The Morgan fingerprint density at radius 1 is 1.45 bits per heavy atom. The number of benzene rings is 1. The molecule has 1 N–H and O–H groups in total. The van der Waals surface area contributed by atoms with Crippen LogP contribution in [0.3, 0.4) is 0 Å². The highest BCUT2D eigenvalue weighted by molar-refractivity contribution is 9.10. The average molecular weight is 341 g/mol. The number of anilines is 1. The maximum atomic E-state index is 5.74. The summed E-state index contributed by atoms with van der Waals surface area (Å²) in [5.74, 6) is 0. The molecule has 1 fully saturated rings. The molecule has 20 heavy (non-hydrogen) atoms. The number of halogens is 1. The Labute approximate surface area is 130 Å². The van der Waals surface area contributed by atoms with Gasteiger partial charge in [0.2, 0.25) is 0 Å². The summed E-state index contributed by atoms with van der Waals surface area (Å²) in [6.07, 6.45) is 3.93. The van der Waals surface area contributed by atoms with E-state index in [0.717, 1.165) is 37.1 Å². The van der Waals surface area contributed by atoms with Gasteiger partial charge >= 0.3 is 0 Å². The molecule has 0 bridgehead atoms. The quantitative estimate of drug-likeness (QED) is 0.768. The molecule has 2 rings (SSSR count). The average Bonchev–Trinajstić information content (AvgIpc) is 2.93. The topological polar surface area (TPSA) is 24.5 Å². The van der Waals surface area contributed by atoms with E-state index in [2.05, 4.69) is 58.3 Å². The molecule has 1 saturated heterocycles. The molecule has 0 amide bonds. The predicted molar refractivity (Wildman–Crippen MR) is 88.4 cm³/mol. The molecule has 1 aromatic carbocycles. The number of nitrogens with zero attached hydrogens (tertiary/aromatic N) is 1. The number of ether oxygens (including phenoxy) is 1. The molecular formula is C16H25BrN2O. The third-order valence-corrected chi connectivity index (χ3v) is 4.20. The minimum absolute atomic E-state index is 0.385. The Morgan fingerprint density at radius 2 is 2.30 bits per heavy atom. The second kappa shape index (κ2) is 8.01. The minimum Gasteiger partial charge on any atom is -0.376 e. The van der Waals surface area contributed by atoms with Crippen LogP contribution in [0.25, 0.3) is 0 Å². The van der Waals surface area contributed by atoms with Crippen molar-refractivity contribution in [1.82, 2.24) is 5.32 Å². The lowest BCUT2D eigenvalue weighted by atomic mass is 10.1. The number of rotatable bonds is 7. The molecule has 3 nitrogen and oxygen atoms in total. The highest BCUT2D eigenvalue weighted by Crippen LogP contribution is 2.26. The summed E-state index contributed by atoms with van der Waals surface area (Å²) in [4.78, 5) is 2.32. The van der Waals surface area contributed by atoms with Crippen LogP contribution in [0.2, 0.25) is 0 Å². The maximum absolute atomic E-state index is 5.74. The van der Waals surface area contributed by atoms with Crippen molar-refractivity contribution in [2.24, 2.45) is 0 Å². The zero-order chi connectivity index (χ0) is 14.4.